The van der Waals surface area contributed by atoms with Crippen molar-refractivity contribution in [2.75, 3.05) is 50.2 Å². The highest BCUT2D eigenvalue weighted by Gasteiger charge is 2.28. The number of aromatic nitrogens is 5. The van der Waals surface area contributed by atoms with E-state index in [1.165, 1.54) is 24.4 Å². The van der Waals surface area contributed by atoms with Crippen LogP contribution in [0.1, 0.15) is 37.4 Å². The normalized spacial score (nSPS) is 24.6. The lowest BCUT2D eigenvalue weighted by atomic mass is 9.90. The Morgan fingerprint density at radius 2 is 1.85 bits per heavy atom. The first-order chi connectivity index (χ1) is 16.2. The van der Waals surface area contributed by atoms with Gasteiger partial charge in [0.15, 0.2) is 4.83 Å². The largest absolute Gasteiger partial charge is 0.379 e. The van der Waals surface area contributed by atoms with E-state index in [4.69, 9.17) is 19.4 Å². The maximum absolute atomic E-state index is 5.52. The molecule has 5 heterocycles. The molecule has 0 atom stereocenters. The highest BCUT2D eigenvalue weighted by molar-refractivity contribution is 7.13. The maximum Gasteiger partial charge on any atom is 0.230 e. The topological polar surface area (TPSA) is 102 Å². The molecule has 0 bridgehead atoms. The number of morpholine rings is 1. The first kappa shape index (κ1) is 21.2. The fourth-order valence-corrected chi connectivity index (χ4v) is 5.76. The molecule has 1 saturated carbocycles. The number of hydrogen-bond donors (Lipinski definition) is 2. The first-order valence-corrected chi connectivity index (χ1v) is 12.6. The molecular formula is C22H30N8O2S. The lowest BCUT2D eigenvalue weighted by molar-refractivity contribution is -0.0286. The van der Waals surface area contributed by atoms with E-state index in [0.717, 1.165) is 66.6 Å². The molecular weight excluding hydrogens is 440 g/mol. The van der Waals surface area contributed by atoms with E-state index < -0.39 is 0 Å². The summed E-state index contributed by atoms with van der Waals surface area (Å²) in [6.07, 6.45) is 8.50. The van der Waals surface area contributed by atoms with Crippen LogP contribution in [0.5, 0.6) is 0 Å². The predicted molar refractivity (Wildman–Crippen MR) is 127 cm³/mol. The molecule has 3 aromatic rings. The van der Waals surface area contributed by atoms with Gasteiger partial charge in [-0.25, -0.2) is 0 Å². The van der Waals surface area contributed by atoms with Gasteiger partial charge < -0.3 is 20.1 Å². The van der Waals surface area contributed by atoms with Crippen molar-refractivity contribution < 1.29 is 9.47 Å². The SMILES string of the molecule is Cc1nsc2nc(Nc3cnn(C4COC4)c3)nc(N[C@H]3CC[C@H](N4CCOCC4)CC3)c12. The van der Waals surface area contributed by atoms with E-state index >= 15 is 0 Å². The number of aryl methyl sites for hydroxylation is 1. The number of rotatable bonds is 6. The third kappa shape index (κ3) is 4.42. The Kier molecular flexibility index (Phi) is 5.87. The Balaban J connectivity index is 1.17. The van der Waals surface area contributed by atoms with Crippen LogP contribution in [0.4, 0.5) is 17.5 Å². The minimum atomic E-state index is 0.318. The maximum atomic E-state index is 5.52. The van der Waals surface area contributed by atoms with Gasteiger partial charge in [0.2, 0.25) is 5.95 Å². The number of nitrogens with zero attached hydrogens (tertiary/aromatic N) is 6. The molecule has 33 heavy (non-hydrogen) atoms. The van der Waals surface area contributed by atoms with E-state index in [-0.39, 0.29) is 0 Å². The van der Waals surface area contributed by atoms with Crippen LogP contribution >= 0.6 is 11.5 Å². The number of fused-ring (bicyclic) bond motifs is 1. The van der Waals surface area contributed by atoms with Crippen LogP contribution in [0.2, 0.25) is 0 Å². The quantitative estimate of drug-likeness (QED) is 0.563. The summed E-state index contributed by atoms with van der Waals surface area (Å²) in [6.45, 7) is 7.32. The number of ether oxygens (including phenoxy) is 2. The smallest absolute Gasteiger partial charge is 0.230 e. The average Bonchev–Trinajstić information content (AvgIpc) is 3.40. The average molecular weight is 471 g/mol. The summed E-state index contributed by atoms with van der Waals surface area (Å²) in [5, 5.41) is 12.5. The summed E-state index contributed by atoms with van der Waals surface area (Å²) in [7, 11) is 0. The molecule has 1 aliphatic carbocycles. The van der Waals surface area contributed by atoms with Gasteiger partial charge in [0.25, 0.3) is 0 Å². The van der Waals surface area contributed by atoms with Gasteiger partial charge in [0.05, 0.1) is 55.4 Å². The Morgan fingerprint density at radius 3 is 2.61 bits per heavy atom. The van der Waals surface area contributed by atoms with Crippen LogP contribution < -0.4 is 10.6 Å². The standard InChI is InChI=1S/C22H30N8O2S/c1-14-19-20(24-15-2-4-17(5-3-15)29-6-8-31-9-7-29)26-22(27-21(19)33-28-14)25-16-10-23-30(11-16)18-12-32-13-18/h10-11,15,17-18H,2-9,12-13H2,1H3,(H2,24,25,26,27)/t15-,17-. The van der Waals surface area contributed by atoms with Gasteiger partial charge in [-0.05, 0) is 44.1 Å². The zero-order valence-electron chi connectivity index (χ0n) is 18.9. The molecule has 11 heteroatoms. The monoisotopic (exact) mass is 470 g/mol. The Bertz CT molecular complexity index is 1100. The van der Waals surface area contributed by atoms with Crippen molar-refractivity contribution in [2.45, 2.75) is 50.7 Å². The highest BCUT2D eigenvalue weighted by Crippen LogP contribution is 2.32. The fourth-order valence-electron chi connectivity index (χ4n) is 4.98. The van der Waals surface area contributed by atoms with Crippen LogP contribution in [0.15, 0.2) is 12.4 Å². The van der Waals surface area contributed by atoms with E-state index in [0.29, 0.717) is 37.3 Å². The number of hydrogen-bond acceptors (Lipinski definition) is 10. The minimum absolute atomic E-state index is 0.318. The molecule has 176 valence electrons. The van der Waals surface area contributed by atoms with Crippen molar-refractivity contribution in [3.63, 3.8) is 0 Å². The van der Waals surface area contributed by atoms with E-state index in [2.05, 4.69) is 25.0 Å². The first-order valence-electron chi connectivity index (χ1n) is 11.8. The summed E-state index contributed by atoms with van der Waals surface area (Å²) >= 11 is 1.42. The summed E-state index contributed by atoms with van der Waals surface area (Å²) in [5.41, 5.74) is 1.85. The molecule has 3 aromatic heterocycles. The van der Waals surface area contributed by atoms with Crippen LogP contribution in [0.3, 0.4) is 0 Å². The van der Waals surface area contributed by atoms with Crippen LogP contribution in [-0.4, -0.2) is 80.6 Å². The predicted octanol–water partition coefficient (Wildman–Crippen LogP) is 2.96. The van der Waals surface area contributed by atoms with Gasteiger partial charge in [-0.15, -0.1) is 0 Å². The Morgan fingerprint density at radius 1 is 1.03 bits per heavy atom. The molecule has 0 radical (unpaired) electrons. The van der Waals surface area contributed by atoms with Crippen LogP contribution in [-0.2, 0) is 9.47 Å². The highest BCUT2D eigenvalue weighted by atomic mass is 32.1. The van der Waals surface area contributed by atoms with Gasteiger partial charge in [0.1, 0.15) is 5.82 Å². The van der Waals surface area contributed by atoms with E-state index in [1.807, 2.05) is 24.0 Å². The molecule has 0 amide bonds. The number of nitrogens with one attached hydrogen (secondary N) is 2. The van der Waals surface area contributed by atoms with Crippen molar-refractivity contribution in [2.24, 2.45) is 0 Å². The third-order valence-corrected chi connectivity index (χ3v) is 7.79. The molecule has 3 fully saturated rings. The van der Waals surface area contributed by atoms with Crippen LogP contribution in [0, 0.1) is 6.92 Å². The lowest BCUT2D eigenvalue weighted by Crippen LogP contribution is -2.46. The Labute approximate surface area is 196 Å². The van der Waals surface area contributed by atoms with Gasteiger partial charge in [-0.1, -0.05) is 0 Å². The summed E-state index contributed by atoms with van der Waals surface area (Å²) in [5.74, 6) is 1.45. The fraction of sp³-hybridized carbons (Fsp3) is 0.636. The number of anilines is 3. The molecule has 3 aliphatic rings. The van der Waals surface area contributed by atoms with Gasteiger partial charge >= 0.3 is 0 Å². The molecule has 2 aliphatic heterocycles. The summed E-state index contributed by atoms with van der Waals surface area (Å²) in [4.78, 5) is 13.1. The van der Waals surface area contributed by atoms with Crippen molar-refractivity contribution in [3.8, 4) is 0 Å². The third-order valence-electron chi connectivity index (χ3n) is 6.96. The molecule has 2 N–H and O–H groups in total. The minimum Gasteiger partial charge on any atom is -0.379 e. The summed E-state index contributed by atoms with van der Waals surface area (Å²) < 4.78 is 17.3. The van der Waals surface area contributed by atoms with Gasteiger partial charge in [0, 0.05) is 31.4 Å². The second-order valence-corrected chi connectivity index (χ2v) is 9.92. The lowest BCUT2D eigenvalue weighted by Gasteiger charge is -2.39. The van der Waals surface area contributed by atoms with Gasteiger partial charge in [-0.3, -0.25) is 9.58 Å². The summed E-state index contributed by atoms with van der Waals surface area (Å²) in [6, 6.07) is 1.41. The molecule has 0 unspecified atom stereocenters. The zero-order valence-corrected chi connectivity index (χ0v) is 19.7. The van der Waals surface area contributed by atoms with Crippen molar-refractivity contribution in [1.29, 1.82) is 0 Å². The Hall–Kier alpha value is -2.34. The molecule has 10 nitrogen and oxygen atoms in total. The second kappa shape index (κ2) is 9.13. The van der Waals surface area contributed by atoms with E-state index in [9.17, 15) is 0 Å². The van der Waals surface area contributed by atoms with Crippen molar-refractivity contribution >= 4 is 39.2 Å². The molecule has 6 rings (SSSR count). The molecule has 2 saturated heterocycles. The molecule has 0 spiro atoms. The van der Waals surface area contributed by atoms with E-state index in [1.54, 1.807) is 0 Å². The second-order valence-electron chi connectivity index (χ2n) is 9.17. The van der Waals surface area contributed by atoms with Crippen molar-refractivity contribution in [1.82, 2.24) is 29.0 Å². The zero-order chi connectivity index (χ0) is 22.2. The molecule has 0 aromatic carbocycles. The van der Waals surface area contributed by atoms with Gasteiger partial charge in [-0.2, -0.15) is 19.4 Å². The van der Waals surface area contributed by atoms with Crippen molar-refractivity contribution in [3.05, 3.63) is 18.1 Å². The van der Waals surface area contributed by atoms with Crippen LogP contribution in [0.25, 0.3) is 10.2 Å².